The quantitative estimate of drug-likeness (QED) is 0.921. The number of H-pyrrole nitrogens is 1. The van der Waals surface area contributed by atoms with Gasteiger partial charge in [-0.1, -0.05) is 0 Å². The average molecular weight is 301 g/mol. The minimum Gasteiger partial charge on any atom is -0.332 e. The van der Waals surface area contributed by atoms with Gasteiger partial charge >= 0.3 is 0 Å². The first-order valence-corrected chi connectivity index (χ1v) is 8.04. The summed E-state index contributed by atoms with van der Waals surface area (Å²) in [6.07, 6.45) is 2.97. The van der Waals surface area contributed by atoms with Crippen LogP contribution in [0.2, 0.25) is 0 Å². The molecule has 2 aliphatic rings. The van der Waals surface area contributed by atoms with Crippen LogP contribution >= 0.6 is 11.3 Å². The highest BCUT2D eigenvalue weighted by Crippen LogP contribution is 2.37. The van der Waals surface area contributed by atoms with Gasteiger partial charge in [0.25, 0.3) is 11.5 Å². The first-order valence-electron chi connectivity index (χ1n) is 7.16. The summed E-state index contributed by atoms with van der Waals surface area (Å²) >= 11 is 1.68. The Kier molecular flexibility index (Phi) is 2.92. The van der Waals surface area contributed by atoms with Crippen molar-refractivity contribution in [2.45, 2.75) is 31.7 Å². The highest BCUT2D eigenvalue weighted by atomic mass is 32.1. The third-order valence-electron chi connectivity index (χ3n) is 4.05. The van der Waals surface area contributed by atoms with Gasteiger partial charge in [0.05, 0.1) is 6.54 Å². The van der Waals surface area contributed by atoms with Gasteiger partial charge in [0.2, 0.25) is 0 Å². The molecule has 0 aromatic carbocycles. The van der Waals surface area contributed by atoms with Gasteiger partial charge in [0, 0.05) is 23.4 Å². The standard InChI is InChI=1S/C15H15N3O2S/c19-13-7-11(16-14(17-13)10-1-2-10)15(20)18-5-3-9-4-6-21-12(9)8-18/h4,6-7,10H,1-3,5,8H2,(H,16,17,19). The molecule has 0 unspecified atom stereocenters. The fraction of sp³-hybridized carbons (Fsp3) is 0.400. The zero-order chi connectivity index (χ0) is 14.4. The van der Waals surface area contributed by atoms with Gasteiger partial charge in [-0.3, -0.25) is 9.59 Å². The maximum Gasteiger partial charge on any atom is 0.273 e. The van der Waals surface area contributed by atoms with Crippen LogP contribution in [-0.4, -0.2) is 27.3 Å². The second kappa shape index (κ2) is 4.80. The Balaban J connectivity index is 1.62. The number of thiophene rings is 1. The molecule has 108 valence electrons. The van der Waals surface area contributed by atoms with Gasteiger partial charge < -0.3 is 9.88 Å². The number of aromatic nitrogens is 2. The van der Waals surface area contributed by atoms with Gasteiger partial charge in [-0.15, -0.1) is 11.3 Å². The van der Waals surface area contributed by atoms with Gasteiger partial charge in [-0.05, 0) is 36.3 Å². The maximum atomic E-state index is 12.6. The SMILES string of the molecule is O=C(c1cc(=O)[nH]c(C2CC2)n1)N1CCc2ccsc2C1. The molecule has 4 rings (SSSR count). The van der Waals surface area contributed by atoms with Crippen molar-refractivity contribution < 1.29 is 4.79 Å². The Morgan fingerprint density at radius 3 is 3.10 bits per heavy atom. The number of aromatic amines is 1. The van der Waals surface area contributed by atoms with Crippen molar-refractivity contribution in [3.05, 3.63) is 49.8 Å². The molecule has 5 nitrogen and oxygen atoms in total. The number of nitrogens with zero attached hydrogens (tertiary/aromatic N) is 2. The summed E-state index contributed by atoms with van der Waals surface area (Å²) in [6.45, 7) is 1.31. The van der Waals surface area contributed by atoms with E-state index < -0.39 is 0 Å². The smallest absolute Gasteiger partial charge is 0.273 e. The lowest BCUT2D eigenvalue weighted by atomic mass is 10.1. The zero-order valence-electron chi connectivity index (χ0n) is 11.5. The molecule has 0 saturated heterocycles. The zero-order valence-corrected chi connectivity index (χ0v) is 12.3. The van der Waals surface area contributed by atoms with Crippen molar-refractivity contribution in [3.8, 4) is 0 Å². The number of hydrogen-bond donors (Lipinski definition) is 1. The Hall–Kier alpha value is -1.95. The highest BCUT2D eigenvalue weighted by Gasteiger charge is 2.29. The molecular formula is C15H15N3O2S. The average Bonchev–Trinajstić information content (AvgIpc) is 3.23. The first kappa shape index (κ1) is 12.8. The fourth-order valence-corrected chi connectivity index (χ4v) is 3.66. The van der Waals surface area contributed by atoms with Gasteiger partial charge in [0.15, 0.2) is 0 Å². The molecule has 1 N–H and O–H groups in total. The summed E-state index contributed by atoms with van der Waals surface area (Å²) in [7, 11) is 0. The highest BCUT2D eigenvalue weighted by molar-refractivity contribution is 7.10. The summed E-state index contributed by atoms with van der Waals surface area (Å²) in [5, 5.41) is 2.06. The van der Waals surface area contributed by atoms with E-state index in [0.717, 1.165) is 19.3 Å². The van der Waals surface area contributed by atoms with Crippen molar-refractivity contribution in [1.29, 1.82) is 0 Å². The second-order valence-electron chi connectivity index (χ2n) is 5.64. The molecule has 0 radical (unpaired) electrons. The molecule has 0 atom stereocenters. The predicted octanol–water partition coefficient (Wildman–Crippen LogP) is 1.91. The molecule has 6 heteroatoms. The summed E-state index contributed by atoms with van der Waals surface area (Å²) in [4.78, 5) is 34.5. The molecule has 0 spiro atoms. The largest absolute Gasteiger partial charge is 0.332 e. The van der Waals surface area contributed by atoms with Crippen molar-refractivity contribution in [2.24, 2.45) is 0 Å². The van der Waals surface area contributed by atoms with E-state index in [-0.39, 0.29) is 17.2 Å². The Morgan fingerprint density at radius 2 is 2.29 bits per heavy atom. The number of hydrogen-bond acceptors (Lipinski definition) is 4. The van der Waals surface area contributed by atoms with Crippen LogP contribution in [0.4, 0.5) is 0 Å². The number of rotatable bonds is 2. The van der Waals surface area contributed by atoms with Crippen molar-refractivity contribution in [1.82, 2.24) is 14.9 Å². The summed E-state index contributed by atoms with van der Waals surface area (Å²) < 4.78 is 0. The van der Waals surface area contributed by atoms with Gasteiger partial charge in [-0.25, -0.2) is 4.98 Å². The van der Waals surface area contributed by atoms with Crippen LogP contribution in [-0.2, 0) is 13.0 Å². The van der Waals surface area contributed by atoms with Gasteiger partial charge in [0.1, 0.15) is 11.5 Å². The minimum absolute atomic E-state index is 0.137. The Morgan fingerprint density at radius 1 is 1.43 bits per heavy atom. The molecule has 1 saturated carbocycles. The number of nitrogens with one attached hydrogen (secondary N) is 1. The normalized spacial score (nSPS) is 17.6. The van der Waals surface area contributed by atoms with Crippen LogP contribution in [0.5, 0.6) is 0 Å². The number of carbonyl (C=O) groups excluding carboxylic acids is 1. The number of fused-ring (bicyclic) bond motifs is 1. The van der Waals surface area contributed by atoms with Crippen molar-refractivity contribution in [2.75, 3.05) is 6.54 Å². The van der Waals surface area contributed by atoms with Crippen LogP contribution in [0.3, 0.4) is 0 Å². The first-order chi connectivity index (χ1) is 10.2. The van der Waals surface area contributed by atoms with E-state index in [1.807, 2.05) is 0 Å². The lowest BCUT2D eigenvalue weighted by Gasteiger charge is -2.26. The van der Waals surface area contributed by atoms with Crippen molar-refractivity contribution in [3.63, 3.8) is 0 Å². The van der Waals surface area contributed by atoms with E-state index in [1.54, 1.807) is 16.2 Å². The van der Waals surface area contributed by atoms with E-state index in [4.69, 9.17) is 0 Å². The Labute approximate surface area is 125 Å². The lowest BCUT2D eigenvalue weighted by Crippen LogP contribution is -2.36. The summed E-state index contributed by atoms with van der Waals surface area (Å²) in [5.41, 5.74) is 1.38. The topological polar surface area (TPSA) is 66.1 Å². The van der Waals surface area contributed by atoms with E-state index >= 15 is 0 Å². The molecule has 1 fully saturated rings. The summed E-state index contributed by atoms with van der Waals surface area (Å²) in [6, 6.07) is 3.44. The maximum absolute atomic E-state index is 12.6. The predicted molar refractivity (Wildman–Crippen MR) is 79.6 cm³/mol. The van der Waals surface area contributed by atoms with Gasteiger partial charge in [-0.2, -0.15) is 0 Å². The van der Waals surface area contributed by atoms with Crippen LogP contribution < -0.4 is 5.56 Å². The van der Waals surface area contributed by atoms with E-state index in [1.165, 1.54) is 16.5 Å². The van der Waals surface area contributed by atoms with Crippen LogP contribution in [0.15, 0.2) is 22.3 Å². The third-order valence-corrected chi connectivity index (χ3v) is 5.00. The molecule has 1 aliphatic heterocycles. The molecule has 21 heavy (non-hydrogen) atoms. The monoisotopic (exact) mass is 301 g/mol. The molecule has 2 aromatic heterocycles. The molecule has 1 amide bonds. The lowest BCUT2D eigenvalue weighted by molar-refractivity contribution is 0.0730. The van der Waals surface area contributed by atoms with E-state index in [0.29, 0.717) is 24.8 Å². The second-order valence-corrected chi connectivity index (χ2v) is 6.64. The van der Waals surface area contributed by atoms with E-state index in [2.05, 4.69) is 21.4 Å². The van der Waals surface area contributed by atoms with Crippen LogP contribution in [0.25, 0.3) is 0 Å². The van der Waals surface area contributed by atoms with Crippen LogP contribution in [0.1, 0.15) is 45.5 Å². The van der Waals surface area contributed by atoms with Crippen LogP contribution in [0, 0.1) is 0 Å². The Bertz CT molecular complexity index is 760. The molecule has 1 aliphatic carbocycles. The number of carbonyl (C=O) groups is 1. The fourth-order valence-electron chi connectivity index (χ4n) is 2.71. The van der Waals surface area contributed by atoms with Crippen molar-refractivity contribution >= 4 is 17.2 Å². The van der Waals surface area contributed by atoms with E-state index in [9.17, 15) is 9.59 Å². The molecule has 0 bridgehead atoms. The molecule has 2 aromatic rings. The molecule has 3 heterocycles. The minimum atomic E-state index is -0.232. The third kappa shape index (κ3) is 2.40. The molecular weight excluding hydrogens is 286 g/mol. The summed E-state index contributed by atoms with van der Waals surface area (Å²) in [5.74, 6) is 0.859. The number of amides is 1.